The number of hydrogen-bond donors (Lipinski definition) is 3. The number of thioether (sulfide) groups is 1. The Morgan fingerprint density at radius 1 is 1.30 bits per heavy atom. The van der Waals surface area contributed by atoms with Crippen LogP contribution in [0, 0.1) is 6.92 Å². The van der Waals surface area contributed by atoms with Crippen LogP contribution in [0.25, 0.3) is 0 Å². The van der Waals surface area contributed by atoms with Crippen LogP contribution in [0.2, 0.25) is 5.02 Å². The summed E-state index contributed by atoms with van der Waals surface area (Å²) in [6, 6.07) is 8.99. The lowest BCUT2D eigenvalue weighted by Gasteiger charge is -2.08. The molecule has 0 fully saturated rings. The van der Waals surface area contributed by atoms with Gasteiger partial charge in [-0.05, 0) is 36.8 Å². The smallest absolute Gasteiger partial charge is 0.319 e. The third-order valence-electron chi connectivity index (χ3n) is 3.12. The summed E-state index contributed by atoms with van der Waals surface area (Å²) in [6.07, 6.45) is 0. The SMILES string of the molecule is Cc1ccc(NC(=O)NCCSCc2ccc(CN)o2)cc1Cl. The average Bonchev–Trinajstić information content (AvgIpc) is 2.98. The zero-order chi connectivity index (χ0) is 16.7. The Labute approximate surface area is 144 Å². The fourth-order valence-electron chi connectivity index (χ4n) is 1.86. The molecule has 0 saturated heterocycles. The first kappa shape index (κ1) is 17.7. The van der Waals surface area contributed by atoms with Gasteiger partial charge in [0, 0.05) is 23.0 Å². The van der Waals surface area contributed by atoms with Crippen molar-refractivity contribution in [3.8, 4) is 0 Å². The number of amides is 2. The quantitative estimate of drug-likeness (QED) is 0.662. The van der Waals surface area contributed by atoms with Crippen molar-refractivity contribution in [3.63, 3.8) is 0 Å². The molecule has 2 rings (SSSR count). The first-order valence-corrected chi connectivity index (χ1v) is 8.78. The van der Waals surface area contributed by atoms with Gasteiger partial charge in [-0.15, -0.1) is 0 Å². The minimum Gasteiger partial charge on any atom is -0.464 e. The summed E-state index contributed by atoms with van der Waals surface area (Å²) in [4.78, 5) is 11.8. The standard InChI is InChI=1S/C16H20ClN3O2S/c1-11-2-3-12(8-15(11)17)20-16(21)19-6-7-23-10-14-5-4-13(9-18)22-14/h2-5,8H,6-7,9-10,18H2,1H3,(H2,19,20,21). The van der Waals surface area contributed by atoms with Crippen molar-refractivity contribution in [2.24, 2.45) is 5.73 Å². The number of hydrogen-bond acceptors (Lipinski definition) is 4. The molecule has 1 aromatic carbocycles. The fraction of sp³-hybridized carbons (Fsp3) is 0.312. The lowest BCUT2D eigenvalue weighted by Crippen LogP contribution is -2.30. The van der Waals surface area contributed by atoms with E-state index in [9.17, 15) is 4.79 Å². The molecule has 0 bridgehead atoms. The van der Waals surface area contributed by atoms with Gasteiger partial charge in [0.1, 0.15) is 11.5 Å². The largest absolute Gasteiger partial charge is 0.464 e. The number of nitrogens with two attached hydrogens (primary N) is 1. The molecule has 0 saturated carbocycles. The van der Waals surface area contributed by atoms with Gasteiger partial charge in [-0.1, -0.05) is 17.7 Å². The van der Waals surface area contributed by atoms with Gasteiger partial charge >= 0.3 is 6.03 Å². The number of benzene rings is 1. The molecule has 5 nitrogen and oxygen atoms in total. The van der Waals surface area contributed by atoms with Crippen LogP contribution < -0.4 is 16.4 Å². The van der Waals surface area contributed by atoms with E-state index in [-0.39, 0.29) is 6.03 Å². The number of nitrogens with one attached hydrogen (secondary N) is 2. The van der Waals surface area contributed by atoms with E-state index in [1.54, 1.807) is 17.8 Å². The zero-order valence-electron chi connectivity index (χ0n) is 12.9. The highest BCUT2D eigenvalue weighted by atomic mass is 35.5. The summed E-state index contributed by atoms with van der Waals surface area (Å²) in [5.74, 6) is 3.24. The van der Waals surface area contributed by atoms with E-state index in [0.29, 0.717) is 23.8 Å². The number of carbonyl (C=O) groups excluding carboxylic acids is 1. The second-order valence-corrected chi connectivity index (χ2v) is 6.48. The summed E-state index contributed by atoms with van der Waals surface area (Å²) >= 11 is 7.71. The van der Waals surface area contributed by atoms with Gasteiger partial charge in [-0.25, -0.2) is 4.79 Å². The Hall–Kier alpha value is -1.63. The highest BCUT2D eigenvalue weighted by Crippen LogP contribution is 2.19. The van der Waals surface area contributed by atoms with Gasteiger partial charge in [0.25, 0.3) is 0 Å². The molecular formula is C16H20ClN3O2S. The normalized spacial score (nSPS) is 10.6. The second-order valence-electron chi connectivity index (χ2n) is 4.97. The Bertz CT molecular complexity index is 661. The highest BCUT2D eigenvalue weighted by molar-refractivity contribution is 7.98. The Kier molecular flexibility index (Phi) is 6.83. The Morgan fingerprint density at radius 2 is 2.09 bits per heavy atom. The van der Waals surface area contributed by atoms with Gasteiger partial charge in [0.05, 0.1) is 12.3 Å². The fourth-order valence-corrected chi connectivity index (χ4v) is 2.79. The number of urea groups is 1. The summed E-state index contributed by atoms with van der Waals surface area (Å²) in [7, 11) is 0. The third kappa shape index (κ3) is 5.82. The van der Waals surface area contributed by atoms with Crippen LogP contribution in [0.1, 0.15) is 17.1 Å². The van der Waals surface area contributed by atoms with Gasteiger partial charge in [0.2, 0.25) is 0 Å². The van der Waals surface area contributed by atoms with Crippen molar-refractivity contribution < 1.29 is 9.21 Å². The molecule has 124 valence electrons. The number of halogens is 1. The second kappa shape index (κ2) is 8.86. The van der Waals surface area contributed by atoms with Crippen LogP contribution >= 0.6 is 23.4 Å². The Morgan fingerprint density at radius 3 is 2.78 bits per heavy atom. The van der Waals surface area contributed by atoms with Crippen LogP contribution in [0.5, 0.6) is 0 Å². The summed E-state index contributed by atoms with van der Waals surface area (Å²) < 4.78 is 5.50. The summed E-state index contributed by atoms with van der Waals surface area (Å²) in [5, 5.41) is 6.19. The average molecular weight is 354 g/mol. The van der Waals surface area contributed by atoms with Crippen LogP contribution in [0.4, 0.5) is 10.5 Å². The summed E-state index contributed by atoms with van der Waals surface area (Å²) in [6.45, 7) is 2.90. The molecule has 0 unspecified atom stereocenters. The molecule has 1 heterocycles. The maximum absolute atomic E-state index is 11.8. The third-order valence-corrected chi connectivity index (χ3v) is 4.51. The lowest BCUT2D eigenvalue weighted by molar-refractivity contribution is 0.252. The molecule has 0 spiro atoms. The van der Waals surface area contributed by atoms with Crippen molar-refractivity contribution in [3.05, 3.63) is 52.4 Å². The number of furan rings is 1. The van der Waals surface area contributed by atoms with Crippen molar-refractivity contribution >= 4 is 35.1 Å². The van der Waals surface area contributed by atoms with Gasteiger partial charge in [0.15, 0.2) is 0 Å². The van der Waals surface area contributed by atoms with Crippen LogP contribution in [-0.2, 0) is 12.3 Å². The topological polar surface area (TPSA) is 80.3 Å². The lowest BCUT2D eigenvalue weighted by atomic mass is 10.2. The Balaban J connectivity index is 1.63. The molecule has 23 heavy (non-hydrogen) atoms. The highest BCUT2D eigenvalue weighted by Gasteiger charge is 2.04. The van der Waals surface area contributed by atoms with E-state index in [0.717, 1.165) is 28.6 Å². The maximum atomic E-state index is 11.8. The first-order valence-electron chi connectivity index (χ1n) is 7.25. The molecule has 2 aromatic rings. The number of carbonyl (C=O) groups is 1. The maximum Gasteiger partial charge on any atom is 0.319 e. The number of rotatable bonds is 7. The predicted molar refractivity (Wildman–Crippen MR) is 96.0 cm³/mol. The van der Waals surface area contributed by atoms with Gasteiger partial charge in [-0.2, -0.15) is 11.8 Å². The molecule has 0 atom stereocenters. The van der Waals surface area contributed by atoms with Gasteiger partial charge in [-0.3, -0.25) is 0 Å². The van der Waals surface area contributed by atoms with Gasteiger partial charge < -0.3 is 20.8 Å². The van der Waals surface area contributed by atoms with E-state index in [1.165, 1.54) is 0 Å². The minimum absolute atomic E-state index is 0.242. The first-order chi connectivity index (χ1) is 11.1. The van der Waals surface area contributed by atoms with Crippen LogP contribution in [0.15, 0.2) is 34.7 Å². The molecule has 2 amide bonds. The van der Waals surface area contributed by atoms with E-state index < -0.39 is 0 Å². The molecule has 0 radical (unpaired) electrons. The van der Waals surface area contributed by atoms with Crippen LogP contribution in [0.3, 0.4) is 0 Å². The monoisotopic (exact) mass is 353 g/mol. The summed E-state index contributed by atoms with van der Waals surface area (Å²) in [5.41, 5.74) is 7.14. The minimum atomic E-state index is -0.242. The van der Waals surface area contributed by atoms with Crippen molar-refractivity contribution in [2.45, 2.75) is 19.2 Å². The van der Waals surface area contributed by atoms with Crippen molar-refractivity contribution in [2.75, 3.05) is 17.6 Å². The van der Waals surface area contributed by atoms with E-state index >= 15 is 0 Å². The van der Waals surface area contributed by atoms with E-state index in [4.69, 9.17) is 21.8 Å². The molecular weight excluding hydrogens is 334 g/mol. The van der Waals surface area contributed by atoms with Crippen molar-refractivity contribution in [1.82, 2.24) is 5.32 Å². The number of anilines is 1. The molecule has 0 aliphatic rings. The van der Waals surface area contributed by atoms with E-state index in [2.05, 4.69) is 10.6 Å². The van der Waals surface area contributed by atoms with Crippen molar-refractivity contribution in [1.29, 1.82) is 0 Å². The number of aryl methyl sites for hydroxylation is 1. The van der Waals surface area contributed by atoms with E-state index in [1.807, 2.05) is 31.2 Å². The van der Waals surface area contributed by atoms with Crippen LogP contribution in [-0.4, -0.2) is 18.3 Å². The molecule has 4 N–H and O–H groups in total. The molecule has 0 aliphatic heterocycles. The predicted octanol–water partition coefficient (Wildman–Crippen LogP) is 3.76. The molecule has 0 aliphatic carbocycles. The molecule has 1 aromatic heterocycles. The zero-order valence-corrected chi connectivity index (χ0v) is 14.5. The molecule has 7 heteroatoms.